The van der Waals surface area contributed by atoms with Crippen LogP contribution in [0.4, 0.5) is 0 Å². The number of methoxy groups -OCH3 is 3. The van der Waals surface area contributed by atoms with Crippen LogP contribution in [0.25, 0.3) is 0 Å². The van der Waals surface area contributed by atoms with Crippen molar-refractivity contribution in [3.05, 3.63) is 0 Å². The fraction of sp³-hybridized carbons (Fsp3) is 1.00. The summed E-state index contributed by atoms with van der Waals surface area (Å²) in [4.78, 5) is 0. The lowest BCUT2D eigenvalue weighted by molar-refractivity contribution is -0.189. The molecule has 0 saturated carbocycles. The van der Waals surface area contributed by atoms with E-state index in [0.717, 1.165) is 16.3 Å². The van der Waals surface area contributed by atoms with Crippen molar-refractivity contribution in [3.63, 3.8) is 0 Å². The van der Waals surface area contributed by atoms with Gasteiger partial charge >= 0.3 is 0 Å². The molecule has 0 heterocycles. The molecule has 0 fully saturated rings. The van der Waals surface area contributed by atoms with Crippen molar-refractivity contribution >= 4 is 26.2 Å². The van der Waals surface area contributed by atoms with Gasteiger partial charge in [-0.05, 0) is 22.0 Å². The Morgan fingerprint density at radius 2 is 1.82 bits per heavy atom. The SMILES string of the molecule is COC(C[SiH3])C(Br)(OC)OC. The molecule has 0 N–H and O–H groups in total. The fourth-order valence-corrected chi connectivity index (χ4v) is 2.88. The van der Waals surface area contributed by atoms with Crippen molar-refractivity contribution in [2.24, 2.45) is 0 Å². The number of halogens is 1. The number of hydrogen-bond donors (Lipinski definition) is 0. The van der Waals surface area contributed by atoms with E-state index in [1.54, 1.807) is 21.3 Å². The lowest BCUT2D eigenvalue weighted by Crippen LogP contribution is -2.41. The zero-order valence-corrected chi connectivity index (χ0v) is 11.0. The van der Waals surface area contributed by atoms with Gasteiger partial charge in [0, 0.05) is 31.6 Å². The Kier molecular flexibility index (Phi) is 5.54. The summed E-state index contributed by atoms with van der Waals surface area (Å²) >= 11 is 3.32. The third-order valence-corrected chi connectivity index (χ3v) is 3.50. The van der Waals surface area contributed by atoms with Crippen molar-refractivity contribution in [2.75, 3.05) is 21.3 Å². The average molecular weight is 243 g/mol. The summed E-state index contributed by atoms with van der Waals surface area (Å²) in [6, 6.07) is 0.962. The molecule has 1 unspecified atom stereocenters. The topological polar surface area (TPSA) is 27.7 Å². The Morgan fingerprint density at radius 1 is 1.36 bits per heavy atom. The molecule has 68 valence electrons. The molecule has 0 saturated heterocycles. The van der Waals surface area contributed by atoms with Crippen LogP contribution in [0.1, 0.15) is 0 Å². The lowest BCUT2D eigenvalue weighted by atomic mass is 10.4. The zero-order valence-electron chi connectivity index (χ0n) is 7.39. The molecule has 0 aromatic carbocycles. The second kappa shape index (κ2) is 5.26. The quantitative estimate of drug-likeness (QED) is 0.390. The first-order valence-corrected chi connectivity index (χ1v) is 5.67. The third kappa shape index (κ3) is 2.83. The molecule has 0 aliphatic carbocycles. The minimum atomic E-state index is -0.774. The highest BCUT2D eigenvalue weighted by molar-refractivity contribution is 9.10. The van der Waals surface area contributed by atoms with Crippen LogP contribution < -0.4 is 0 Å². The van der Waals surface area contributed by atoms with Gasteiger partial charge in [-0.25, -0.2) is 0 Å². The van der Waals surface area contributed by atoms with E-state index in [1.807, 2.05) is 0 Å². The van der Waals surface area contributed by atoms with Crippen molar-refractivity contribution in [2.45, 2.75) is 16.8 Å². The molecule has 0 bridgehead atoms. The standard InChI is InChI=1S/C6H15BrO3Si/c1-8-5(4-11)6(7,9-2)10-3/h5H,4H2,1-3,11H3. The van der Waals surface area contributed by atoms with Crippen LogP contribution in [0.5, 0.6) is 0 Å². The summed E-state index contributed by atoms with van der Waals surface area (Å²) in [5.74, 6) is 0. The minimum Gasteiger partial charge on any atom is -0.375 e. The molecule has 0 spiro atoms. The van der Waals surface area contributed by atoms with Crippen LogP contribution >= 0.6 is 15.9 Å². The molecule has 1 atom stereocenters. The van der Waals surface area contributed by atoms with Crippen molar-refractivity contribution in [1.82, 2.24) is 0 Å². The van der Waals surface area contributed by atoms with Gasteiger partial charge in [-0.3, -0.25) is 0 Å². The first-order chi connectivity index (χ1) is 5.14. The number of ether oxygens (including phenoxy) is 3. The molecule has 0 aromatic heterocycles. The maximum Gasteiger partial charge on any atom is 0.252 e. The van der Waals surface area contributed by atoms with E-state index in [1.165, 1.54) is 0 Å². The summed E-state index contributed by atoms with van der Waals surface area (Å²) in [5, 5.41) is 0. The highest BCUT2D eigenvalue weighted by Gasteiger charge is 2.35. The number of hydrogen-bond acceptors (Lipinski definition) is 3. The van der Waals surface area contributed by atoms with E-state index in [2.05, 4.69) is 15.9 Å². The van der Waals surface area contributed by atoms with Crippen molar-refractivity contribution in [3.8, 4) is 0 Å². The van der Waals surface area contributed by atoms with E-state index >= 15 is 0 Å². The molecule has 0 rings (SSSR count). The van der Waals surface area contributed by atoms with Crippen LogP contribution in [-0.4, -0.2) is 42.4 Å². The fourth-order valence-electron chi connectivity index (χ4n) is 0.897. The molecule has 11 heavy (non-hydrogen) atoms. The van der Waals surface area contributed by atoms with Gasteiger partial charge in [0.05, 0.1) is 0 Å². The Labute approximate surface area is 78.9 Å². The molecule has 0 amide bonds. The highest BCUT2D eigenvalue weighted by atomic mass is 79.9. The maximum absolute atomic E-state index is 5.18. The van der Waals surface area contributed by atoms with Crippen LogP contribution in [-0.2, 0) is 14.2 Å². The molecular weight excluding hydrogens is 228 g/mol. The smallest absolute Gasteiger partial charge is 0.252 e. The zero-order chi connectivity index (χ0) is 8.91. The number of alkyl halides is 1. The Hall–Kier alpha value is 0.577. The van der Waals surface area contributed by atoms with Gasteiger partial charge in [0.2, 0.25) is 0 Å². The van der Waals surface area contributed by atoms with E-state index in [9.17, 15) is 0 Å². The third-order valence-electron chi connectivity index (χ3n) is 1.60. The van der Waals surface area contributed by atoms with E-state index < -0.39 is 4.70 Å². The Balaban J connectivity index is 4.19. The summed E-state index contributed by atoms with van der Waals surface area (Å²) in [7, 11) is 5.88. The molecule has 3 nitrogen and oxygen atoms in total. The van der Waals surface area contributed by atoms with Gasteiger partial charge in [-0.1, -0.05) is 0 Å². The normalized spacial score (nSPS) is 15.3. The second-order valence-electron chi connectivity index (χ2n) is 2.12. The van der Waals surface area contributed by atoms with Gasteiger partial charge in [0.15, 0.2) is 0 Å². The second-order valence-corrected chi connectivity index (χ2v) is 4.05. The predicted octanol–water partition coefficient (Wildman–Crippen LogP) is 0.127. The Morgan fingerprint density at radius 3 is 1.91 bits per heavy atom. The highest BCUT2D eigenvalue weighted by Crippen LogP contribution is 2.27. The molecule has 0 aliphatic heterocycles. The van der Waals surface area contributed by atoms with Crippen molar-refractivity contribution in [1.29, 1.82) is 0 Å². The summed E-state index contributed by atoms with van der Waals surface area (Å²) < 4.78 is 14.7. The van der Waals surface area contributed by atoms with Crippen molar-refractivity contribution < 1.29 is 14.2 Å². The Bertz CT molecular complexity index is 104. The van der Waals surface area contributed by atoms with Crippen LogP contribution in [0.3, 0.4) is 0 Å². The average Bonchev–Trinajstić information content (AvgIpc) is 2.06. The summed E-state index contributed by atoms with van der Waals surface area (Å²) in [6.45, 7) is 0. The minimum absolute atomic E-state index is 0.0378. The molecule has 5 heteroatoms. The number of rotatable bonds is 5. The monoisotopic (exact) mass is 242 g/mol. The van der Waals surface area contributed by atoms with Crippen LogP contribution in [0.15, 0.2) is 0 Å². The predicted molar refractivity (Wildman–Crippen MR) is 51.2 cm³/mol. The first kappa shape index (κ1) is 11.6. The van der Waals surface area contributed by atoms with Crippen LogP contribution in [0, 0.1) is 0 Å². The summed E-state index contributed by atoms with van der Waals surface area (Å²) in [6.07, 6.45) is -0.0378. The first-order valence-electron chi connectivity index (χ1n) is 3.46. The van der Waals surface area contributed by atoms with E-state index in [4.69, 9.17) is 14.2 Å². The summed E-state index contributed by atoms with van der Waals surface area (Å²) in [5.41, 5.74) is 0. The molecule has 0 aromatic rings. The largest absolute Gasteiger partial charge is 0.375 e. The lowest BCUT2D eigenvalue weighted by Gasteiger charge is -2.31. The molecule has 0 radical (unpaired) electrons. The van der Waals surface area contributed by atoms with Crippen LogP contribution in [0.2, 0.25) is 6.04 Å². The maximum atomic E-state index is 5.18. The van der Waals surface area contributed by atoms with E-state index in [-0.39, 0.29) is 6.10 Å². The van der Waals surface area contributed by atoms with Gasteiger partial charge in [0.25, 0.3) is 4.70 Å². The molecule has 0 aliphatic rings. The van der Waals surface area contributed by atoms with Gasteiger partial charge < -0.3 is 14.2 Å². The van der Waals surface area contributed by atoms with Gasteiger partial charge in [-0.15, -0.1) is 0 Å². The molecular formula is C6H15BrO3Si. The van der Waals surface area contributed by atoms with Gasteiger partial charge in [0.1, 0.15) is 6.10 Å². The van der Waals surface area contributed by atoms with Gasteiger partial charge in [-0.2, -0.15) is 0 Å². The van der Waals surface area contributed by atoms with E-state index in [0.29, 0.717) is 0 Å².